The fourth-order valence-corrected chi connectivity index (χ4v) is 1.91. The van der Waals surface area contributed by atoms with E-state index in [2.05, 4.69) is 6.58 Å². The minimum Gasteiger partial charge on any atom is -0.456 e. The third-order valence-corrected chi connectivity index (χ3v) is 2.48. The summed E-state index contributed by atoms with van der Waals surface area (Å²) in [5, 5.41) is 0. The molecule has 2 aliphatic rings. The number of esters is 1. The average molecular weight is 168 g/mol. The van der Waals surface area contributed by atoms with E-state index in [0.717, 1.165) is 19.3 Å². The lowest BCUT2D eigenvalue weighted by Gasteiger charge is -2.17. The first-order chi connectivity index (χ1) is 5.79. The summed E-state index contributed by atoms with van der Waals surface area (Å²) < 4.78 is 10.6. The molecule has 2 aliphatic heterocycles. The molecule has 12 heavy (non-hydrogen) atoms. The maximum atomic E-state index is 10.8. The Morgan fingerprint density at radius 3 is 2.92 bits per heavy atom. The van der Waals surface area contributed by atoms with Crippen LogP contribution in [0.5, 0.6) is 0 Å². The highest BCUT2D eigenvalue weighted by Crippen LogP contribution is 2.36. The van der Waals surface area contributed by atoms with Crippen molar-refractivity contribution in [1.82, 2.24) is 0 Å². The third-order valence-electron chi connectivity index (χ3n) is 2.48. The molecule has 66 valence electrons. The molecule has 2 bridgehead atoms. The molecule has 0 amide bonds. The first-order valence-electron chi connectivity index (χ1n) is 4.28. The molecule has 3 unspecified atom stereocenters. The minimum absolute atomic E-state index is 0.0192. The van der Waals surface area contributed by atoms with Gasteiger partial charge in [0.25, 0.3) is 0 Å². The van der Waals surface area contributed by atoms with Crippen molar-refractivity contribution in [2.75, 3.05) is 0 Å². The Kier molecular flexibility index (Phi) is 1.89. The molecule has 2 fully saturated rings. The Bertz CT molecular complexity index is 212. The number of carbonyl (C=O) groups is 1. The molecular formula is C9H12O3. The van der Waals surface area contributed by atoms with Gasteiger partial charge in [-0.25, -0.2) is 4.79 Å². The summed E-state index contributed by atoms with van der Waals surface area (Å²) in [6.07, 6.45) is 4.67. The molecule has 3 atom stereocenters. The lowest BCUT2D eigenvalue weighted by atomic mass is 9.98. The predicted molar refractivity (Wildman–Crippen MR) is 42.6 cm³/mol. The second-order valence-electron chi connectivity index (χ2n) is 3.29. The number of carbonyl (C=O) groups excluding carboxylic acids is 1. The Morgan fingerprint density at radius 2 is 2.42 bits per heavy atom. The molecule has 3 nitrogen and oxygen atoms in total. The Morgan fingerprint density at radius 1 is 1.58 bits per heavy atom. The van der Waals surface area contributed by atoms with Crippen molar-refractivity contribution in [1.29, 1.82) is 0 Å². The van der Waals surface area contributed by atoms with Gasteiger partial charge >= 0.3 is 5.97 Å². The van der Waals surface area contributed by atoms with Crippen LogP contribution in [-0.2, 0) is 14.3 Å². The van der Waals surface area contributed by atoms with Crippen molar-refractivity contribution in [3.8, 4) is 0 Å². The van der Waals surface area contributed by atoms with E-state index in [1.165, 1.54) is 6.08 Å². The molecule has 0 aromatic heterocycles. The number of fused-ring (bicyclic) bond motifs is 2. The van der Waals surface area contributed by atoms with Gasteiger partial charge in [0.2, 0.25) is 0 Å². The summed E-state index contributed by atoms with van der Waals surface area (Å²) in [4.78, 5) is 10.8. The van der Waals surface area contributed by atoms with Crippen molar-refractivity contribution in [2.45, 2.75) is 37.6 Å². The van der Waals surface area contributed by atoms with Crippen LogP contribution >= 0.6 is 0 Å². The van der Waals surface area contributed by atoms with E-state index in [1.54, 1.807) is 0 Å². The van der Waals surface area contributed by atoms with Crippen LogP contribution in [0.3, 0.4) is 0 Å². The van der Waals surface area contributed by atoms with Gasteiger partial charge in [-0.15, -0.1) is 0 Å². The van der Waals surface area contributed by atoms with Crippen LogP contribution < -0.4 is 0 Å². The van der Waals surface area contributed by atoms with E-state index in [-0.39, 0.29) is 18.2 Å². The van der Waals surface area contributed by atoms with Gasteiger partial charge in [-0.3, -0.25) is 0 Å². The number of hydrogen-bond acceptors (Lipinski definition) is 3. The van der Waals surface area contributed by atoms with E-state index < -0.39 is 0 Å². The summed E-state index contributed by atoms with van der Waals surface area (Å²) in [5.41, 5.74) is 0. The van der Waals surface area contributed by atoms with Gasteiger partial charge in [0.05, 0.1) is 12.2 Å². The molecule has 0 spiro atoms. The van der Waals surface area contributed by atoms with Crippen LogP contribution in [0, 0.1) is 0 Å². The van der Waals surface area contributed by atoms with Crippen molar-refractivity contribution in [2.24, 2.45) is 0 Å². The van der Waals surface area contributed by atoms with Crippen molar-refractivity contribution >= 4 is 5.97 Å². The number of ether oxygens (including phenoxy) is 2. The molecule has 0 radical (unpaired) electrons. The van der Waals surface area contributed by atoms with Crippen LogP contribution in [0.25, 0.3) is 0 Å². The summed E-state index contributed by atoms with van der Waals surface area (Å²) in [7, 11) is 0. The molecule has 0 saturated carbocycles. The van der Waals surface area contributed by atoms with Crippen LogP contribution in [-0.4, -0.2) is 24.3 Å². The highest BCUT2D eigenvalue weighted by Gasteiger charge is 2.42. The van der Waals surface area contributed by atoms with Gasteiger partial charge in [0.15, 0.2) is 0 Å². The van der Waals surface area contributed by atoms with E-state index >= 15 is 0 Å². The topological polar surface area (TPSA) is 35.5 Å². The summed E-state index contributed by atoms with van der Waals surface area (Å²) >= 11 is 0. The van der Waals surface area contributed by atoms with Crippen LogP contribution in [0.4, 0.5) is 0 Å². The first-order valence-corrected chi connectivity index (χ1v) is 4.28. The van der Waals surface area contributed by atoms with Crippen molar-refractivity contribution < 1.29 is 14.3 Å². The maximum absolute atomic E-state index is 10.8. The Labute approximate surface area is 71.3 Å². The smallest absolute Gasteiger partial charge is 0.330 e. The minimum atomic E-state index is -0.337. The Balaban J connectivity index is 1.90. The molecule has 0 aliphatic carbocycles. The molecule has 0 aromatic carbocycles. The molecule has 0 aromatic rings. The largest absolute Gasteiger partial charge is 0.456 e. The van der Waals surface area contributed by atoms with Gasteiger partial charge in [0.1, 0.15) is 6.10 Å². The fraction of sp³-hybridized carbons (Fsp3) is 0.667. The zero-order chi connectivity index (χ0) is 8.55. The third kappa shape index (κ3) is 1.25. The second-order valence-corrected chi connectivity index (χ2v) is 3.29. The van der Waals surface area contributed by atoms with E-state index in [1.807, 2.05) is 0 Å². The fourth-order valence-electron chi connectivity index (χ4n) is 1.91. The zero-order valence-electron chi connectivity index (χ0n) is 6.86. The summed E-state index contributed by atoms with van der Waals surface area (Å²) in [6.45, 7) is 3.35. The number of rotatable bonds is 2. The molecular weight excluding hydrogens is 156 g/mol. The normalized spacial score (nSPS) is 38.2. The van der Waals surface area contributed by atoms with E-state index in [0.29, 0.717) is 6.10 Å². The van der Waals surface area contributed by atoms with E-state index in [4.69, 9.17) is 9.47 Å². The van der Waals surface area contributed by atoms with Crippen LogP contribution in [0.1, 0.15) is 19.3 Å². The SMILES string of the molecule is C=CC(=O)OC1CC2CCC1O2. The molecule has 3 heteroatoms. The summed E-state index contributed by atoms with van der Waals surface area (Å²) in [6, 6.07) is 0. The van der Waals surface area contributed by atoms with Gasteiger partial charge in [-0.05, 0) is 12.8 Å². The monoisotopic (exact) mass is 168 g/mol. The second kappa shape index (κ2) is 2.90. The van der Waals surface area contributed by atoms with Crippen molar-refractivity contribution in [3.05, 3.63) is 12.7 Å². The standard InChI is InChI=1S/C9H12O3/c1-2-9(10)12-8-5-6-3-4-7(8)11-6/h2,6-8H,1,3-5H2. The molecule has 0 N–H and O–H groups in total. The highest BCUT2D eigenvalue weighted by molar-refractivity contribution is 5.81. The molecule has 2 rings (SSSR count). The van der Waals surface area contributed by atoms with Crippen molar-refractivity contribution in [3.63, 3.8) is 0 Å². The van der Waals surface area contributed by atoms with Crippen LogP contribution in [0.15, 0.2) is 12.7 Å². The Hall–Kier alpha value is -0.830. The van der Waals surface area contributed by atoms with Gasteiger partial charge in [-0.2, -0.15) is 0 Å². The predicted octanol–water partition coefficient (Wildman–Crippen LogP) is 1.04. The maximum Gasteiger partial charge on any atom is 0.330 e. The quantitative estimate of drug-likeness (QED) is 0.456. The van der Waals surface area contributed by atoms with Gasteiger partial charge in [0, 0.05) is 12.5 Å². The van der Waals surface area contributed by atoms with Gasteiger partial charge < -0.3 is 9.47 Å². The van der Waals surface area contributed by atoms with E-state index in [9.17, 15) is 4.79 Å². The summed E-state index contributed by atoms with van der Waals surface area (Å²) in [5.74, 6) is -0.337. The first kappa shape index (κ1) is 7.80. The number of hydrogen-bond donors (Lipinski definition) is 0. The molecule has 2 saturated heterocycles. The van der Waals surface area contributed by atoms with Crippen LogP contribution in [0.2, 0.25) is 0 Å². The van der Waals surface area contributed by atoms with Gasteiger partial charge in [-0.1, -0.05) is 6.58 Å². The lowest BCUT2D eigenvalue weighted by molar-refractivity contribution is -0.145. The highest BCUT2D eigenvalue weighted by atomic mass is 16.6. The molecule has 2 heterocycles. The zero-order valence-corrected chi connectivity index (χ0v) is 6.86. The lowest BCUT2D eigenvalue weighted by Crippen LogP contribution is -2.27. The average Bonchev–Trinajstić information content (AvgIpc) is 2.64.